The van der Waals surface area contributed by atoms with Crippen molar-refractivity contribution < 1.29 is 28.9 Å². The third-order valence-electron chi connectivity index (χ3n) is 8.82. The van der Waals surface area contributed by atoms with Crippen LogP contribution in [0, 0.1) is 5.92 Å². The molecule has 0 radical (unpaired) electrons. The Labute approximate surface area is 297 Å². The standard InChI is InChI=1S/C35H49N5O5S3/c1-3-4-5-6-7-8-9-10-11-12-13-14-15-25(20-29(36)46)30(38-45-2)33(41)37-31-26-23-48-28(32(35(43)44)40(26)34(31)42)22-39-18-16-24-17-19-47-27(24)21-39/h10-11,16-19,21,25-26,29,31H,3-9,12-15,20,22-23,36H2,1-2H3,(H2-,37,41,43,44,46)/p+1/b11-10-,38-30?. The van der Waals surface area contributed by atoms with Gasteiger partial charge in [-0.3, -0.25) is 14.5 Å². The maximum Gasteiger partial charge on any atom is 0.353 e. The fourth-order valence-electron chi connectivity index (χ4n) is 6.29. The van der Waals surface area contributed by atoms with E-state index in [1.165, 1.54) is 62.3 Å². The van der Waals surface area contributed by atoms with E-state index in [-0.39, 0.29) is 17.3 Å². The highest BCUT2D eigenvalue weighted by molar-refractivity contribution is 8.03. The number of rotatable bonds is 21. The van der Waals surface area contributed by atoms with Gasteiger partial charge in [0.15, 0.2) is 18.9 Å². The minimum Gasteiger partial charge on any atom is -0.477 e. The first-order valence-corrected chi connectivity index (χ1v) is 19.4. The highest BCUT2D eigenvalue weighted by Gasteiger charge is 2.54. The Balaban J connectivity index is 1.33. The molecule has 10 nitrogen and oxygen atoms in total. The first-order chi connectivity index (χ1) is 23.2. The summed E-state index contributed by atoms with van der Waals surface area (Å²) >= 11 is 7.40. The second-order valence-corrected chi connectivity index (χ2v) is 15.2. The van der Waals surface area contributed by atoms with E-state index in [4.69, 9.17) is 10.6 Å². The van der Waals surface area contributed by atoms with Gasteiger partial charge in [-0.15, -0.1) is 23.1 Å². The van der Waals surface area contributed by atoms with Gasteiger partial charge in [0.2, 0.25) is 0 Å². The van der Waals surface area contributed by atoms with E-state index in [0.29, 0.717) is 30.0 Å². The van der Waals surface area contributed by atoms with Crippen LogP contribution in [0.15, 0.2) is 57.8 Å². The Morgan fingerprint density at radius 1 is 1.19 bits per heavy atom. The molecule has 0 bridgehead atoms. The molecule has 48 heavy (non-hydrogen) atoms. The van der Waals surface area contributed by atoms with E-state index in [0.717, 1.165) is 35.8 Å². The predicted octanol–water partition coefficient (Wildman–Crippen LogP) is 6.02. The van der Waals surface area contributed by atoms with Gasteiger partial charge in [-0.05, 0) is 50.0 Å². The number of nitrogens with one attached hydrogen (secondary N) is 1. The molecule has 1 saturated heterocycles. The summed E-state index contributed by atoms with van der Waals surface area (Å²) in [5, 5.41) is 19.7. The summed E-state index contributed by atoms with van der Waals surface area (Å²) in [7, 11) is 1.38. The van der Waals surface area contributed by atoms with Gasteiger partial charge in [-0.2, -0.15) is 17.2 Å². The number of fused-ring (bicyclic) bond motifs is 2. The number of thiophene rings is 1. The molecule has 4 N–H and O–H groups in total. The number of pyridine rings is 1. The summed E-state index contributed by atoms with van der Waals surface area (Å²) in [6.07, 6.45) is 21.2. The highest BCUT2D eigenvalue weighted by atomic mass is 32.2. The molecule has 2 amide bonds. The number of thiol groups is 1. The van der Waals surface area contributed by atoms with E-state index in [1.54, 1.807) is 11.3 Å². The molecular formula is C35H50N5O5S3+. The lowest BCUT2D eigenvalue weighted by atomic mass is 9.90. The molecule has 2 aromatic heterocycles. The van der Waals surface area contributed by atoms with Crippen LogP contribution in [0.3, 0.4) is 0 Å². The highest BCUT2D eigenvalue weighted by Crippen LogP contribution is 2.39. The molecule has 0 aromatic carbocycles. The molecule has 2 aromatic rings. The number of carboxylic acid groups (broad SMARTS) is 1. The summed E-state index contributed by atoms with van der Waals surface area (Å²) in [6, 6.07) is 2.68. The number of aliphatic carboxylic acids is 1. The summed E-state index contributed by atoms with van der Waals surface area (Å²) in [5.41, 5.74) is 6.19. The summed E-state index contributed by atoms with van der Waals surface area (Å²) in [5.74, 6) is -1.98. The van der Waals surface area contributed by atoms with Crippen LogP contribution < -0.4 is 15.6 Å². The smallest absolute Gasteiger partial charge is 0.353 e. The molecule has 4 atom stereocenters. The average Bonchev–Trinajstić information content (AvgIpc) is 3.53. The average molecular weight is 717 g/mol. The number of aromatic nitrogens is 1. The first kappa shape index (κ1) is 37.9. The van der Waals surface area contributed by atoms with Crippen LogP contribution in [-0.4, -0.2) is 63.8 Å². The summed E-state index contributed by atoms with van der Waals surface area (Å²) < 4.78 is 3.03. The van der Waals surface area contributed by atoms with Crippen molar-refractivity contribution in [2.24, 2.45) is 16.8 Å². The molecule has 1 fully saturated rings. The predicted molar refractivity (Wildman–Crippen MR) is 197 cm³/mol. The third-order valence-corrected chi connectivity index (χ3v) is 11.1. The van der Waals surface area contributed by atoms with Gasteiger partial charge in [-0.1, -0.05) is 62.8 Å². The fourth-order valence-corrected chi connectivity index (χ4v) is 8.65. The zero-order valence-electron chi connectivity index (χ0n) is 28.0. The molecule has 2 aliphatic rings. The SMILES string of the molecule is CCCCCCCC/C=C\CCCCC(CC(N)S)C(=NOC)C(=O)NC1C(=O)N2C(C(=O)O)=C(C[n+]3ccc4ccsc4c3)SCC12. The van der Waals surface area contributed by atoms with Gasteiger partial charge in [0.05, 0.1) is 15.6 Å². The summed E-state index contributed by atoms with van der Waals surface area (Å²) in [4.78, 5) is 46.4. The van der Waals surface area contributed by atoms with Crippen LogP contribution >= 0.6 is 35.7 Å². The monoisotopic (exact) mass is 716 g/mol. The lowest BCUT2D eigenvalue weighted by Gasteiger charge is -2.49. The van der Waals surface area contributed by atoms with E-state index in [2.05, 4.69) is 42.2 Å². The quantitative estimate of drug-likeness (QED) is 0.0181. The second kappa shape index (κ2) is 19.4. The van der Waals surface area contributed by atoms with Crippen LogP contribution in [0.5, 0.6) is 0 Å². The Kier molecular flexibility index (Phi) is 15.3. The number of oxime groups is 1. The number of allylic oxidation sites excluding steroid dienone is 3. The molecule has 2 aliphatic heterocycles. The number of carboxylic acids is 1. The fraction of sp³-hybridized carbons (Fsp3) is 0.571. The number of thioether (sulfide) groups is 1. The number of β-lactam (4-membered cyclic amide) rings is 1. The Morgan fingerprint density at radius 2 is 1.92 bits per heavy atom. The third kappa shape index (κ3) is 10.3. The van der Waals surface area contributed by atoms with E-state index < -0.39 is 35.2 Å². The number of hydrogen-bond donors (Lipinski definition) is 4. The van der Waals surface area contributed by atoms with Crippen molar-refractivity contribution in [1.82, 2.24) is 10.2 Å². The largest absolute Gasteiger partial charge is 0.477 e. The molecule has 0 saturated carbocycles. The van der Waals surface area contributed by atoms with Crippen LogP contribution in [0.25, 0.3) is 10.1 Å². The van der Waals surface area contributed by atoms with Gasteiger partial charge >= 0.3 is 5.97 Å². The zero-order valence-corrected chi connectivity index (χ0v) is 30.5. The number of hydrogen-bond acceptors (Lipinski definition) is 9. The van der Waals surface area contributed by atoms with Crippen molar-refractivity contribution in [2.75, 3.05) is 12.9 Å². The molecule has 0 aliphatic carbocycles. The van der Waals surface area contributed by atoms with Crippen molar-refractivity contribution in [3.05, 3.63) is 52.7 Å². The van der Waals surface area contributed by atoms with E-state index in [1.807, 2.05) is 34.5 Å². The number of nitrogens with zero attached hydrogens (tertiary/aromatic N) is 3. The Hall–Kier alpha value is -2.87. The Morgan fingerprint density at radius 3 is 2.62 bits per heavy atom. The summed E-state index contributed by atoms with van der Waals surface area (Å²) in [6.45, 7) is 2.57. The lowest BCUT2D eigenvalue weighted by Crippen LogP contribution is -2.73. The number of amides is 2. The molecular weight excluding hydrogens is 667 g/mol. The normalized spacial score (nSPS) is 19.4. The lowest BCUT2D eigenvalue weighted by molar-refractivity contribution is -0.686. The molecule has 262 valence electrons. The minimum atomic E-state index is -1.17. The van der Waals surface area contributed by atoms with Crippen molar-refractivity contribution in [2.45, 2.75) is 108 Å². The zero-order chi connectivity index (χ0) is 34.5. The number of nitrogens with two attached hydrogens (primary N) is 1. The maximum absolute atomic E-state index is 13.6. The van der Waals surface area contributed by atoms with Crippen LogP contribution in [0.4, 0.5) is 0 Å². The van der Waals surface area contributed by atoms with Crippen LogP contribution in [-0.2, 0) is 25.8 Å². The van der Waals surface area contributed by atoms with Crippen molar-refractivity contribution in [1.29, 1.82) is 0 Å². The van der Waals surface area contributed by atoms with Crippen molar-refractivity contribution >= 4 is 69.3 Å². The van der Waals surface area contributed by atoms with Crippen LogP contribution in [0.1, 0.15) is 84.0 Å². The molecule has 4 heterocycles. The maximum atomic E-state index is 13.6. The molecule has 4 rings (SSSR count). The van der Waals surface area contributed by atoms with E-state index in [9.17, 15) is 19.5 Å². The van der Waals surface area contributed by atoms with Crippen molar-refractivity contribution in [3.63, 3.8) is 0 Å². The number of unbranched alkanes of at least 4 members (excludes halogenated alkanes) is 8. The minimum absolute atomic E-state index is 0.0312. The van der Waals surface area contributed by atoms with Gasteiger partial charge in [0, 0.05) is 28.5 Å². The van der Waals surface area contributed by atoms with E-state index >= 15 is 0 Å². The molecule has 0 spiro atoms. The molecule has 4 unspecified atom stereocenters. The molecule has 13 heteroatoms. The van der Waals surface area contributed by atoms with Gasteiger partial charge in [0.1, 0.15) is 24.6 Å². The first-order valence-electron chi connectivity index (χ1n) is 17.0. The van der Waals surface area contributed by atoms with Gasteiger partial charge < -0.3 is 21.0 Å². The number of carbonyl (C=O) groups is 3. The van der Waals surface area contributed by atoms with Gasteiger partial charge in [-0.25, -0.2) is 4.79 Å². The number of carbonyl (C=O) groups excluding carboxylic acids is 2. The van der Waals surface area contributed by atoms with Crippen molar-refractivity contribution in [3.8, 4) is 0 Å². The second-order valence-electron chi connectivity index (χ2n) is 12.4. The Bertz CT molecular complexity index is 1490. The van der Waals surface area contributed by atoms with Gasteiger partial charge in [0.25, 0.3) is 11.8 Å². The van der Waals surface area contributed by atoms with Crippen LogP contribution in [0.2, 0.25) is 0 Å². The topological polar surface area (TPSA) is 138 Å².